The molecule has 0 spiro atoms. The van der Waals surface area contributed by atoms with Gasteiger partial charge in [-0.2, -0.15) is 0 Å². The van der Waals surface area contributed by atoms with Gasteiger partial charge in [0.25, 0.3) is 0 Å². The second-order valence-electron chi connectivity index (χ2n) is 5.59. The number of hydrogen-bond donors (Lipinski definition) is 3. The molecule has 0 fully saturated rings. The zero-order chi connectivity index (χ0) is 17.8. The predicted octanol–water partition coefficient (Wildman–Crippen LogP) is 2.59. The fourth-order valence-electron chi connectivity index (χ4n) is 2.04. The van der Waals surface area contributed by atoms with Crippen molar-refractivity contribution >= 4 is 35.8 Å². The van der Waals surface area contributed by atoms with E-state index in [0.29, 0.717) is 25.7 Å². The van der Waals surface area contributed by atoms with Crippen molar-refractivity contribution in [3.63, 3.8) is 0 Å². The number of rotatable bonds is 9. The lowest BCUT2D eigenvalue weighted by Gasteiger charge is -2.15. The van der Waals surface area contributed by atoms with E-state index in [9.17, 15) is 4.79 Å². The van der Waals surface area contributed by atoms with E-state index >= 15 is 0 Å². The highest BCUT2D eigenvalue weighted by Gasteiger charge is 2.07. The maximum Gasteiger partial charge on any atom is 0.239 e. The lowest BCUT2D eigenvalue weighted by atomic mass is 10.1. The van der Waals surface area contributed by atoms with E-state index in [2.05, 4.69) is 40.0 Å². The lowest BCUT2D eigenvalue weighted by Crippen LogP contribution is -2.43. The van der Waals surface area contributed by atoms with E-state index in [1.54, 1.807) is 7.05 Å². The summed E-state index contributed by atoms with van der Waals surface area (Å²) in [6.07, 6.45) is 1.89. The second-order valence-corrected chi connectivity index (χ2v) is 5.59. The minimum Gasteiger partial charge on any atom is -0.493 e. The quantitative estimate of drug-likeness (QED) is 0.300. The first-order chi connectivity index (χ1) is 11.6. The molecule has 0 aliphatic heterocycles. The Bertz CT molecular complexity index is 550. The van der Waals surface area contributed by atoms with Gasteiger partial charge in [-0.15, -0.1) is 24.0 Å². The number of aryl methyl sites for hydroxylation is 1. The van der Waals surface area contributed by atoms with Gasteiger partial charge in [-0.3, -0.25) is 9.79 Å². The van der Waals surface area contributed by atoms with Crippen molar-refractivity contribution < 1.29 is 9.53 Å². The van der Waals surface area contributed by atoms with Gasteiger partial charge in [0.15, 0.2) is 5.96 Å². The standard InChI is InChI=1S/C18H30N4O2.HI/c1-5-9-20-17(23)13-22-18(19-4)21-12-15-8-7-14(3)11-16(15)24-10-6-2;/h7-8,11H,5-6,9-10,12-13H2,1-4H3,(H,20,23)(H2,19,21,22);1H. The summed E-state index contributed by atoms with van der Waals surface area (Å²) >= 11 is 0. The van der Waals surface area contributed by atoms with Crippen LogP contribution in [0, 0.1) is 6.92 Å². The number of halogens is 1. The first-order valence-electron chi connectivity index (χ1n) is 8.54. The highest BCUT2D eigenvalue weighted by molar-refractivity contribution is 14.0. The molecular formula is C18H31IN4O2. The summed E-state index contributed by atoms with van der Waals surface area (Å²) in [5.74, 6) is 1.44. The van der Waals surface area contributed by atoms with E-state index in [4.69, 9.17) is 4.74 Å². The largest absolute Gasteiger partial charge is 0.493 e. The van der Waals surface area contributed by atoms with Crippen LogP contribution in [0.1, 0.15) is 37.8 Å². The Balaban J connectivity index is 0.00000576. The first-order valence-corrected chi connectivity index (χ1v) is 8.54. The third-order valence-corrected chi connectivity index (χ3v) is 3.34. The Kier molecular flexibility index (Phi) is 12.9. The summed E-state index contributed by atoms with van der Waals surface area (Å²) in [5, 5.41) is 9.04. The molecule has 1 aromatic carbocycles. The fourth-order valence-corrected chi connectivity index (χ4v) is 2.04. The number of ether oxygens (including phenoxy) is 1. The van der Waals surface area contributed by atoms with Crippen molar-refractivity contribution in [1.29, 1.82) is 0 Å². The Labute approximate surface area is 168 Å². The van der Waals surface area contributed by atoms with Crippen LogP contribution in [0.4, 0.5) is 0 Å². The van der Waals surface area contributed by atoms with Crippen molar-refractivity contribution in [1.82, 2.24) is 16.0 Å². The number of guanidine groups is 1. The van der Waals surface area contributed by atoms with Gasteiger partial charge in [-0.1, -0.05) is 26.0 Å². The summed E-state index contributed by atoms with van der Waals surface area (Å²) in [6.45, 7) is 8.32. The molecule has 6 nitrogen and oxygen atoms in total. The Hall–Kier alpha value is -1.51. The summed E-state index contributed by atoms with van der Waals surface area (Å²) in [7, 11) is 1.68. The van der Waals surface area contributed by atoms with Crippen LogP contribution in [-0.2, 0) is 11.3 Å². The topological polar surface area (TPSA) is 74.8 Å². The summed E-state index contributed by atoms with van der Waals surface area (Å²) in [5.41, 5.74) is 2.23. The number of aliphatic imine (C=N–C) groups is 1. The molecule has 0 radical (unpaired) electrons. The molecule has 25 heavy (non-hydrogen) atoms. The molecule has 1 aromatic rings. The van der Waals surface area contributed by atoms with Crippen LogP contribution >= 0.6 is 24.0 Å². The molecule has 0 aromatic heterocycles. The van der Waals surface area contributed by atoms with Gasteiger partial charge in [0.2, 0.25) is 5.91 Å². The number of hydrogen-bond acceptors (Lipinski definition) is 3. The molecule has 0 atom stereocenters. The number of carbonyl (C=O) groups is 1. The van der Waals surface area contributed by atoms with E-state index in [1.807, 2.05) is 19.9 Å². The molecule has 142 valence electrons. The monoisotopic (exact) mass is 462 g/mol. The van der Waals surface area contributed by atoms with Gasteiger partial charge in [-0.05, 0) is 31.4 Å². The predicted molar refractivity (Wildman–Crippen MR) is 114 cm³/mol. The van der Waals surface area contributed by atoms with E-state index in [0.717, 1.165) is 24.2 Å². The molecule has 7 heteroatoms. The third-order valence-electron chi connectivity index (χ3n) is 3.34. The molecule has 0 aliphatic carbocycles. The highest BCUT2D eigenvalue weighted by atomic mass is 127. The van der Waals surface area contributed by atoms with Crippen LogP contribution in [0.2, 0.25) is 0 Å². The molecule has 3 N–H and O–H groups in total. The molecule has 1 rings (SSSR count). The minimum absolute atomic E-state index is 0. The number of nitrogens with zero attached hydrogens (tertiary/aromatic N) is 1. The summed E-state index contributed by atoms with van der Waals surface area (Å²) in [6, 6.07) is 6.15. The Morgan fingerprint density at radius 3 is 2.56 bits per heavy atom. The lowest BCUT2D eigenvalue weighted by molar-refractivity contribution is -0.120. The average Bonchev–Trinajstić information content (AvgIpc) is 2.59. The molecule has 0 unspecified atom stereocenters. The normalized spacial score (nSPS) is 10.6. The fraction of sp³-hybridized carbons (Fsp3) is 0.556. The number of benzene rings is 1. The SMILES string of the molecule is CCCNC(=O)CNC(=NC)NCc1ccc(C)cc1OCCC.I. The van der Waals surface area contributed by atoms with Crippen molar-refractivity contribution in [3.8, 4) is 5.75 Å². The van der Waals surface area contributed by atoms with Crippen molar-refractivity contribution in [2.45, 2.75) is 40.2 Å². The van der Waals surface area contributed by atoms with Crippen LogP contribution in [-0.4, -0.2) is 38.6 Å². The highest BCUT2D eigenvalue weighted by Crippen LogP contribution is 2.20. The zero-order valence-electron chi connectivity index (χ0n) is 15.6. The number of amides is 1. The smallest absolute Gasteiger partial charge is 0.239 e. The molecule has 0 saturated heterocycles. The van der Waals surface area contributed by atoms with Crippen molar-refractivity contribution in [2.24, 2.45) is 4.99 Å². The zero-order valence-corrected chi connectivity index (χ0v) is 18.0. The Morgan fingerprint density at radius 1 is 1.16 bits per heavy atom. The Morgan fingerprint density at radius 2 is 1.92 bits per heavy atom. The molecule has 0 aliphatic rings. The van der Waals surface area contributed by atoms with Gasteiger partial charge in [0, 0.05) is 25.7 Å². The van der Waals surface area contributed by atoms with Crippen LogP contribution in [0.3, 0.4) is 0 Å². The first kappa shape index (κ1) is 23.5. The third kappa shape index (κ3) is 9.52. The van der Waals surface area contributed by atoms with Crippen LogP contribution in [0.5, 0.6) is 5.75 Å². The molecule has 1 amide bonds. The van der Waals surface area contributed by atoms with Gasteiger partial charge in [-0.25, -0.2) is 0 Å². The van der Waals surface area contributed by atoms with Gasteiger partial charge >= 0.3 is 0 Å². The summed E-state index contributed by atoms with van der Waals surface area (Å²) < 4.78 is 5.81. The second kappa shape index (κ2) is 13.7. The summed E-state index contributed by atoms with van der Waals surface area (Å²) in [4.78, 5) is 15.8. The van der Waals surface area contributed by atoms with E-state index in [-0.39, 0.29) is 36.4 Å². The van der Waals surface area contributed by atoms with Crippen molar-refractivity contribution in [3.05, 3.63) is 29.3 Å². The maximum absolute atomic E-state index is 11.6. The van der Waals surface area contributed by atoms with Crippen LogP contribution in [0.15, 0.2) is 23.2 Å². The average molecular weight is 462 g/mol. The number of nitrogens with one attached hydrogen (secondary N) is 3. The van der Waals surface area contributed by atoms with Crippen molar-refractivity contribution in [2.75, 3.05) is 26.7 Å². The maximum atomic E-state index is 11.6. The van der Waals surface area contributed by atoms with Crippen LogP contribution < -0.4 is 20.7 Å². The molecule has 0 saturated carbocycles. The minimum atomic E-state index is -0.0397. The van der Waals surface area contributed by atoms with Gasteiger partial charge < -0.3 is 20.7 Å². The van der Waals surface area contributed by atoms with Gasteiger partial charge in [0.1, 0.15) is 5.75 Å². The van der Waals surface area contributed by atoms with E-state index < -0.39 is 0 Å². The molecule has 0 heterocycles. The van der Waals surface area contributed by atoms with Crippen LogP contribution in [0.25, 0.3) is 0 Å². The molecular weight excluding hydrogens is 431 g/mol. The van der Waals surface area contributed by atoms with Gasteiger partial charge in [0.05, 0.1) is 13.2 Å². The molecule has 0 bridgehead atoms. The van der Waals surface area contributed by atoms with E-state index in [1.165, 1.54) is 5.56 Å². The number of carbonyl (C=O) groups excluding carboxylic acids is 1.